The van der Waals surface area contributed by atoms with Crippen LogP contribution in [0.4, 0.5) is 5.69 Å². The quantitative estimate of drug-likeness (QED) is 0.722. The van der Waals surface area contributed by atoms with E-state index in [1.807, 2.05) is 0 Å². The molecule has 2 N–H and O–H groups in total. The molecule has 6 heteroatoms. The van der Waals surface area contributed by atoms with Gasteiger partial charge in [0.2, 0.25) is 0 Å². The first-order chi connectivity index (χ1) is 6.36. The second kappa shape index (κ2) is 3.26. The standard InChI is InChI=1S/C7H9N5O/c8-6-3-11-13-7(6)1-2-12-5-9-4-10-12/h3-5H,1-2,8H2. The summed E-state index contributed by atoms with van der Waals surface area (Å²) < 4.78 is 6.64. The summed E-state index contributed by atoms with van der Waals surface area (Å²) in [5.41, 5.74) is 6.16. The maximum absolute atomic E-state index is 5.58. The zero-order chi connectivity index (χ0) is 9.10. The van der Waals surface area contributed by atoms with Crippen LogP contribution in [-0.4, -0.2) is 19.9 Å². The molecule has 0 atom stereocenters. The molecular weight excluding hydrogens is 170 g/mol. The third-order valence-corrected chi connectivity index (χ3v) is 1.71. The van der Waals surface area contributed by atoms with Crippen molar-refractivity contribution >= 4 is 5.69 Å². The number of hydrogen-bond acceptors (Lipinski definition) is 5. The van der Waals surface area contributed by atoms with E-state index in [2.05, 4.69) is 15.2 Å². The molecule has 0 spiro atoms. The van der Waals surface area contributed by atoms with Crippen molar-refractivity contribution in [1.82, 2.24) is 19.9 Å². The van der Waals surface area contributed by atoms with E-state index in [1.165, 1.54) is 12.5 Å². The van der Waals surface area contributed by atoms with E-state index in [1.54, 1.807) is 11.0 Å². The third-order valence-electron chi connectivity index (χ3n) is 1.71. The highest BCUT2D eigenvalue weighted by Gasteiger charge is 2.04. The van der Waals surface area contributed by atoms with Crippen LogP contribution in [-0.2, 0) is 13.0 Å². The van der Waals surface area contributed by atoms with Crippen LogP contribution in [0.3, 0.4) is 0 Å². The molecule has 2 aromatic rings. The molecule has 0 aromatic carbocycles. The van der Waals surface area contributed by atoms with Crippen LogP contribution < -0.4 is 5.73 Å². The molecule has 2 rings (SSSR count). The molecule has 0 aliphatic carbocycles. The van der Waals surface area contributed by atoms with Crippen molar-refractivity contribution in [3.63, 3.8) is 0 Å². The fraction of sp³-hybridized carbons (Fsp3) is 0.286. The fourth-order valence-corrected chi connectivity index (χ4v) is 1.03. The average molecular weight is 179 g/mol. The first-order valence-corrected chi connectivity index (χ1v) is 3.87. The Morgan fingerprint density at radius 2 is 2.46 bits per heavy atom. The lowest BCUT2D eigenvalue weighted by Crippen LogP contribution is -2.02. The predicted molar refractivity (Wildman–Crippen MR) is 44.6 cm³/mol. The minimum absolute atomic E-state index is 0.583. The van der Waals surface area contributed by atoms with Crippen LogP contribution in [0.1, 0.15) is 5.76 Å². The van der Waals surface area contributed by atoms with Gasteiger partial charge in [-0.15, -0.1) is 0 Å². The van der Waals surface area contributed by atoms with Crippen molar-refractivity contribution in [1.29, 1.82) is 0 Å². The number of aryl methyl sites for hydroxylation is 2. The molecule has 0 amide bonds. The van der Waals surface area contributed by atoms with Crippen molar-refractivity contribution in [2.24, 2.45) is 0 Å². The smallest absolute Gasteiger partial charge is 0.161 e. The van der Waals surface area contributed by atoms with Crippen molar-refractivity contribution in [2.75, 3.05) is 5.73 Å². The highest BCUT2D eigenvalue weighted by Crippen LogP contribution is 2.10. The molecule has 2 heterocycles. The molecule has 6 nitrogen and oxygen atoms in total. The van der Waals surface area contributed by atoms with Crippen LogP contribution in [0.25, 0.3) is 0 Å². The minimum Gasteiger partial charge on any atom is -0.395 e. The molecule has 68 valence electrons. The molecule has 0 fully saturated rings. The van der Waals surface area contributed by atoms with Gasteiger partial charge < -0.3 is 10.3 Å². The second-order valence-electron chi connectivity index (χ2n) is 2.61. The van der Waals surface area contributed by atoms with Gasteiger partial charge >= 0.3 is 0 Å². The Balaban J connectivity index is 1.97. The monoisotopic (exact) mass is 179 g/mol. The fourth-order valence-electron chi connectivity index (χ4n) is 1.03. The Kier molecular flexibility index (Phi) is 1.95. The van der Waals surface area contributed by atoms with Gasteiger partial charge in [-0.05, 0) is 0 Å². The highest BCUT2D eigenvalue weighted by atomic mass is 16.5. The summed E-state index contributed by atoms with van der Waals surface area (Å²) in [4.78, 5) is 3.82. The van der Waals surface area contributed by atoms with Crippen molar-refractivity contribution in [3.8, 4) is 0 Å². The van der Waals surface area contributed by atoms with E-state index in [0.29, 0.717) is 24.4 Å². The second-order valence-corrected chi connectivity index (χ2v) is 2.61. The molecular formula is C7H9N5O. The van der Waals surface area contributed by atoms with Crippen molar-refractivity contribution in [3.05, 3.63) is 24.6 Å². The van der Waals surface area contributed by atoms with Crippen molar-refractivity contribution < 1.29 is 4.52 Å². The molecule has 0 unspecified atom stereocenters. The Hall–Kier alpha value is -1.85. The Labute approximate surface area is 74.4 Å². The van der Waals surface area contributed by atoms with Gasteiger partial charge in [0.25, 0.3) is 0 Å². The van der Waals surface area contributed by atoms with Crippen molar-refractivity contribution in [2.45, 2.75) is 13.0 Å². The van der Waals surface area contributed by atoms with Gasteiger partial charge in [-0.1, -0.05) is 5.16 Å². The summed E-state index contributed by atoms with van der Waals surface area (Å²) in [6, 6.07) is 0. The molecule has 2 aromatic heterocycles. The predicted octanol–water partition coefficient (Wildman–Crippen LogP) is 0.0910. The number of rotatable bonds is 3. The third kappa shape index (κ3) is 1.66. The summed E-state index contributed by atoms with van der Waals surface area (Å²) >= 11 is 0. The molecule has 13 heavy (non-hydrogen) atoms. The van der Waals surface area contributed by atoms with Crippen LogP contribution in [0, 0.1) is 0 Å². The molecule has 0 aliphatic rings. The Morgan fingerprint density at radius 1 is 1.54 bits per heavy atom. The van der Waals surface area contributed by atoms with E-state index < -0.39 is 0 Å². The lowest BCUT2D eigenvalue weighted by molar-refractivity contribution is 0.375. The van der Waals surface area contributed by atoms with E-state index in [-0.39, 0.29) is 0 Å². The first kappa shape index (κ1) is 7.78. The van der Waals surface area contributed by atoms with Gasteiger partial charge in [0.1, 0.15) is 12.7 Å². The molecule has 0 saturated carbocycles. The van der Waals surface area contributed by atoms with Crippen LogP contribution in [0.15, 0.2) is 23.4 Å². The van der Waals surface area contributed by atoms with Gasteiger partial charge in [-0.25, -0.2) is 4.98 Å². The van der Waals surface area contributed by atoms with Gasteiger partial charge in [0.15, 0.2) is 5.76 Å². The van der Waals surface area contributed by atoms with Crippen LogP contribution in [0.2, 0.25) is 0 Å². The molecule has 0 bridgehead atoms. The normalized spacial score (nSPS) is 10.5. The maximum atomic E-state index is 5.58. The van der Waals surface area contributed by atoms with E-state index in [4.69, 9.17) is 10.3 Å². The van der Waals surface area contributed by atoms with Crippen LogP contribution >= 0.6 is 0 Å². The number of aromatic nitrogens is 4. The maximum Gasteiger partial charge on any atom is 0.161 e. The summed E-state index contributed by atoms with van der Waals surface area (Å²) in [6.45, 7) is 0.694. The zero-order valence-corrected chi connectivity index (χ0v) is 6.92. The number of hydrogen-bond donors (Lipinski definition) is 1. The summed E-state index contributed by atoms with van der Waals surface area (Å²) in [5.74, 6) is 0.690. The van der Waals surface area contributed by atoms with E-state index in [9.17, 15) is 0 Å². The molecule has 0 saturated heterocycles. The van der Waals surface area contributed by atoms with Gasteiger partial charge in [0, 0.05) is 13.0 Å². The van der Waals surface area contributed by atoms with Gasteiger partial charge in [-0.3, -0.25) is 4.68 Å². The number of nitrogens with zero attached hydrogens (tertiary/aromatic N) is 4. The number of nitrogen functional groups attached to an aromatic ring is 1. The first-order valence-electron chi connectivity index (χ1n) is 3.87. The van der Waals surface area contributed by atoms with Gasteiger partial charge in [-0.2, -0.15) is 5.10 Å². The SMILES string of the molecule is Nc1cnoc1CCn1cncn1. The summed E-state index contributed by atoms with van der Waals surface area (Å²) in [7, 11) is 0. The molecule has 0 radical (unpaired) electrons. The Bertz CT molecular complexity index is 366. The topological polar surface area (TPSA) is 82.8 Å². The lowest BCUT2D eigenvalue weighted by atomic mass is 10.3. The summed E-state index contributed by atoms with van der Waals surface area (Å²) in [6.07, 6.45) is 5.31. The van der Waals surface area contributed by atoms with E-state index >= 15 is 0 Å². The van der Waals surface area contributed by atoms with Crippen LogP contribution in [0.5, 0.6) is 0 Å². The molecule has 0 aliphatic heterocycles. The number of nitrogens with two attached hydrogens (primary N) is 1. The Morgan fingerprint density at radius 3 is 3.08 bits per heavy atom. The highest BCUT2D eigenvalue weighted by molar-refractivity contribution is 5.37. The zero-order valence-electron chi connectivity index (χ0n) is 6.92. The van der Waals surface area contributed by atoms with E-state index in [0.717, 1.165) is 0 Å². The minimum atomic E-state index is 0.583. The number of anilines is 1. The average Bonchev–Trinajstić information content (AvgIpc) is 2.72. The summed E-state index contributed by atoms with van der Waals surface area (Å²) in [5, 5.41) is 7.52. The van der Waals surface area contributed by atoms with Gasteiger partial charge in [0.05, 0.1) is 11.9 Å². The lowest BCUT2D eigenvalue weighted by Gasteiger charge is -1.97. The largest absolute Gasteiger partial charge is 0.395 e.